The molecule has 1 atom stereocenters. The van der Waals surface area contributed by atoms with Crippen molar-refractivity contribution < 1.29 is 19.4 Å². The number of carboxylic acids is 1. The van der Waals surface area contributed by atoms with Crippen LogP contribution < -0.4 is 0 Å². The maximum atomic E-state index is 10.7. The molecule has 1 saturated carbocycles. The smallest absolute Gasteiger partial charge is 0.341 e. The van der Waals surface area contributed by atoms with Gasteiger partial charge in [0.1, 0.15) is 5.94 Å². The highest BCUT2D eigenvalue weighted by Crippen LogP contribution is 2.39. The Labute approximate surface area is 69.8 Å². The van der Waals surface area contributed by atoms with E-state index >= 15 is 0 Å². The van der Waals surface area contributed by atoms with Crippen LogP contribution in [-0.2, 0) is 14.3 Å². The Morgan fingerprint density at radius 1 is 1.83 bits per heavy atom. The maximum absolute atomic E-state index is 10.7. The molecule has 0 amide bonds. The van der Waals surface area contributed by atoms with E-state index in [1.165, 1.54) is 0 Å². The molecule has 1 aliphatic rings. The molecule has 1 fully saturated rings. The van der Waals surface area contributed by atoms with E-state index < -0.39 is 11.6 Å². The Morgan fingerprint density at radius 2 is 2.50 bits per heavy atom. The molecule has 4 heteroatoms. The van der Waals surface area contributed by atoms with E-state index in [1.807, 2.05) is 0 Å². The summed E-state index contributed by atoms with van der Waals surface area (Å²) >= 11 is 0. The van der Waals surface area contributed by atoms with Crippen LogP contribution in [0.2, 0.25) is 0 Å². The molecule has 0 aromatic heterocycles. The van der Waals surface area contributed by atoms with Gasteiger partial charge in [0.2, 0.25) is 0 Å². The van der Waals surface area contributed by atoms with E-state index in [4.69, 9.17) is 9.84 Å². The molecule has 4 nitrogen and oxygen atoms in total. The van der Waals surface area contributed by atoms with Gasteiger partial charge in [-0.1, -0.05) is 0 Å². The van der Waals surface area contributed by atoms with Crippen molar-refractivity contribution >= 4 is 11.9 Å². The first-order chi connectivity index (χ1) is 5.67. The summed E-state index contributed by atoms with van der Waals surface area (Å²) in [6, 6.07) is 0. The molecule has 0 heterocycles. The third-order valence-electron chi connectivity index (χ3n) is 2.07. The molecule has 1 aliphatic carbocycles. The zero-order valence-corrected chi connectivity index (χ0v) is 6.79. The van der Waals surface area contributed by atoms with Crippen molar-refractivity contribution in [2.24, 2.45) is 0 Å². The van der Waals surface area contributed by atoms with Crippen LogP contribution in [0.5, 0.6) is 0 Å². The van der Waals surface area contributed by atoms with Crippen molar-refractivity contribution in [1.29, 1.82) is 0 Å². The molecule has 0 bridgehead atoms. The fourth-order valence-electron chi connectivity index (χ4n) is 1.31. The van der Waals surface area contributed by atoms with Crippen molar-refractivity contribution in [3.8, 4) is 0 Å². The largest absolute Gasteiger partial charge is 0.479 e. The van der Waals surface area contributed by atoms with Crippen LogP contribution in [0.3, 0.4) is 0 Å². The molecule has 66 valence electrons. The van der Waals surface area contributed by atoms with Crippen molar-refractivity contribution in [2.75, 3.05) is 6.61 Å². The summed E-state index contributed by atoms with van der Waals surface area (Å²) in [6.45, 7) is 1.99. The highest BCUT2D eigenvalue weighted by atomic mass is 16.5. The number of ether oxygens (including phenoxy) is 1. The fourth-order valence-corrected chi connectivity index (χ4v) is 1.31. The fraction of sp³-hybridized carbons (Fsp3) is 0.625. The van der Waals surface area contributed by atoms with Gasteiger partial charge in [-0.2, -0.15) is 0 Å². The molecular formula is C8H10O4. The van der Waals surface area contributed by atoms with Gasteiger partial charge in [0, 0.05) is 6.61 Å². The summed E-state index contributed by atoms with van der Waals surface area (Å²) in [5, 5.41) is 8.79. The number of hydrogen-bond donors (Lipinski definition) is 1. The van der Waals surface area contributed by atoms with Gasteiger partial charge in [-0.25, -0.2) is 9.59 Å². The van der Waals surface area contributed by atoms with Crippen molar-refractivity contribution in [3.05, 3.63) is 5.57 Å². The lowest BCUT2D eigenvalue weighted by atomic mass is 9.75. The first kappa shape index (κ1) is 8.97. The standard InChI is InChI=1S/C8H10O4/c1-2-12-8(7(10)11)4-3-6(8)5-9/h2-4H2,1H3,(H,10,11). The topological polar surface area (TPSA) is 63.6 Å². The summed E-state index contributed by atoms with van der Waals surface area (Å²) < 4.78 is 5.03. The van der Waals surface area contributed by atoms with Gasteiger partial charge in [-0.15, -0.1) is 0 Å². The number of rotatable bonds is 3. The Hall–Kier alpha value is -1.12. The lowest BCUT2D eigenvalue weighted by molar-refractivity contribution is -0.166. The quantitative estimate of drug-likeness (QED) is 0.622. The SMILES string of the molecule is CCOC1(C(=O)O)CCC1=C=O. The minimum Gasteiger partial charge on any atom is -0.479 e. The summed E-state index contributed by atoms with van der Waals surface area (Å²) in [4.78, 5) is 21.0. The van der Waals surface area contributed by atoms with Crippen LogP contribution in [0, 0.1) is 0 Å². The van der Waals surface area contributed by atoms with E-state index in [2.05, 4.69) is 0 Å². The number of hydrogen-bond acceptors (Lipinski definition) is 3. The van der Waals surface area contributed by atoms with Crippen LogP contribution in [0.15, 0.2) is 5.57 Å². The Bertz CT molecular complexity index is 252. The van der Waals surface area contributed by atoms with Crippen LogP contribution in [0.25, 0.3) is 0 Å². The number of carboxylic acid groups (broad SMARTS) is 1. The lowest BCUT2D eigenvalue weighted by Crippen LogP contribution is -2.50. The van der Waals surface area contributed by atoms with Gasteiger partial charge in [0.25, 0.3) is 0 Å². The first-order valence-electron chi connectivity index (χ1n) is 3.79. The van der Waals surface area contributed by atoms with Crippen LogP contribution in [-0.4, -0.2) is 29.2 Å². The minimum absolute atomic E-state index is 0.219. The molecule has 0 aliphatic heterocycles. The summed E-state index contributed by atoms with van der Waals surface area (Å²) in [7, 11) is 0. The maximum Gasteiger partial charge on any atom is 0.341 e. The minimum atomic E-state index is -1.35. The zero-order chi connectivity index (χ0) is 9.19. The van der Waals surface area contributed by atoms with Gasteiger partial charge in [-0.3, -0.25) is 0 Å². The Morgan fingerprint density at radius 3 is 2.75 bits per heavy atom. The van der Waals surface area contributed by atoms with E-state index in [1.54, 1.807) is 12.9 Å². The molecule has 12 heavy (non-hydrogen) atoms. The average molecular weight is 170 g/mol. The average Bonchev–Trinajstić information content (AvgIpc) is 1.98. The van der Waals surface area contributed by atoms with E-state index in [9.17, 15) is 9.59 Å². The van der Waals surface area contributed by atoms with Crippen molar-refractivity contribution in [1.82, 2.24) is 0 Å². The van der Waals surface area contributed by atoms with E-state index in [0.29, 0.717) is 12.8 Å². The monoisotopic (exact) mass is 170 g/mol. The van der Waals surface area contributed by atoms with Gasteiger partial charge < -0.3 is 9.84 Å². The van der Waals surface area contributed by atoms with Gasteiger partial charge >= 0.3 is 5.97 Å². The second-order valence-electron chi connectivity index (χ2n) is 2.65. The lowest BCUT2D eigenvalue weighted by Gasteiger charge is -2.37. The van der Waals surface area contributed by atoms with Gasteiger partial charge in [-0.05, 0) is 19.8 Å². The third kappa shape index (κ3) is 1.05. The molecule has 0 aromatic rings. The van der Waals surface area contributed by atoms with E-state index in [0.717, 1.165) is 0 Å². The normalized spacial score (nSPS) is 27.6. The number of carbonyl (C=O) groups excluding carboxylic acids is 1. The van der Waals surface area contributed by atoms with E-state index in [-0.39, 0.29) is 12.2 Å². The highest BCUT2D eigenvalue weighted by Gasteiger charge is 2.51. The Balaban J connectivity index is 2.88. The predicted molar refractivity (Wildman–Crippen MR) is 40.4 cm³/mol. The zero-order valence-electron chi connectivity index (χ0n) is 6.79. The molecule has 0 saturated heterocycles. The summed E-state index contributed by atoms with van der Waals surface area (Å²) in [6.07, 6.45) is 0.858. The molecular weight excluding hydrogens is 160 g/mol. The van der Waals surface area contributed by atoms with Crippen molar-refractivity contribution in [2.45, 2.75) is 25.4 Å². The van der Waals surface area contributed by atoms with Gasteiger partial charge in [0.15, 0.2) is 5.60 Å². The molecule has 1 unspecified atom stereocenters. The van der Waals surface area contributed by atoms with Crippen molar-refractivity contribution in [3.63, 3.8) is 0 Å². The molecule has 0 aromatic carbocycles. The molecule has 1 N–H and O–H groups in total. The molecule has 1 rings (SSSR count). The van der Waals surface area contributed by atoms with Gasteiger partial charge in [0.05, 0.1) is 5.57 Å². The number of aliphatic carboxylic acids is 1. The van der Waals surface area contributed by atoms with Crippen LogP contribution in [0.4, 0.5) is 0 Å². The highest BCUT2D eigenvalue weighted by molar-refractivity contribution is 5.88. The van der Waals surface area contributed by atoms with Crippen LogP contribution >= 0.6 is 0 Å². The first-order valence-corrected chi connectivity index (χ1v) is 3.79. The second-order valence-corrected chi connectivity index (χ2v) is 2.65. The Kier molecular flexibility index (Phi) is 2.31. The number of carbonyl (C=O) groups is 1. The third-order valence-corrected chi connectivity index (χ3v) is 2.07. The predicted octanol–water partition coefficient (Wildman–Crippen LogP) is 0.398. The molecule has 0 radical (unpaired) electrons. The molecule has 0 spiro atoms. The van der Waals surface area contributed by atoms with Crippen LogP contribution in [0.1, 0.15) is 19.8 Å². The summed E-state index contributed by atoms with van der Waals surface area (Å²) in [5.74, 6) is 0.530. The summed E-state index contributed by atoms with van der Waals surface area (Å²) in [5.41, 5.74) is -1.13. The second kappa shape index (κ2) is 3.09.